The first-order valence-electron chi connectivity index (χ1n) is 12.8. The topological polar surface area (TPSA) is 150 Å². The quantitative estimate of drug-likeness (QED) is 0.445. The fraction of sp³-hybridized carbons (Fsp3) is 0.583. The number of carbonyl (C=O) groups is 6. The molecule has 0 aromatic carbocycles. The van der Waals surface area contributed by atoms with Crippen LogP contribution in [0, 0.1) is 0 Å². The van der Waals surface area contributed by atoms with Gasteiger partial charge < -0.3 is 14.5 Å². The predicted octanol–water partition coefficient (Wildman–Crippen LogP) is 0.968. The van der Waals surface area contributed by atoms with Crippen LogP contribution in [0.3, 0.4) is 0 Å². The zero-order chi connectivity index (χ0) is 27.3. The second-order valence-corrected chi connectivity index (χ2v) is 11.9. The SMILES string of the molecule is O=C(CN1C(=O)CSC1=O)O[C@@H]1CCCN(c2ncc3c(n2)C[C@H]2CC[C@H]3N2C(=O)CN2C(=O)CSC2=O)C1. The molecule has 5 aliphatic heterocycles. The summed E-state index contributed by atoms with van der Waals surface area (Å²) in [5, 5.41) is -0.815. The number of amides is 5. The average molecular weight is 575 g/mol. The van der Waals surface area contributed by atoms with Crippen LogP contribution in [0.15, 0.2) is 6.20 Å². The number of hydrogen-bond acceptors (Lipinski definition) is 12. The van der Waals surface area contributed by atoms with E-state index in [0.717, 1.165) is 63.8 Å². The molecule has 0 spiro atoms. The van der Waals surface area contributed by atoms with Crippen molar-refractivity contribution in [1.82, 2.24) is 24.7 Å². The zero-order valence-corrected chi connectivity index (χ0v) is 22.6. The van der Waals surface area contributed by atoms with Gasteiger partial charge >= 0.3 is 5.97 Å². The third-order valence-electron chi connectivity index (χ3n) is 7.69. The van der Waals surface area contributed by atoms with E-state index < -0.39 is 17.3 Å². The molecular formula is C24H26N6O7S2. The van der Waals surface area contributed by atoms with Crippen LogP contribution in [0.4, 0.5) is 15.5 Å². The summed E-state index contributed by atoms with van der Waals surface area (Å²) in [7, 11) is 0. The van der Waals surface area contributed by atoms with E-state index in [4.69, 9.17) is 9.72 Å². The van der Waals surface area contributed by atoms with E-state index in [1.807, 2.05) is 4.90 Å². The summed E-state index contributed by atoms with van der Waals surface area (Å²) in [6.07, 6.45) is 4.90. The summed E-state index contributed by atoms with van der Waals surface area (Å²) in [6.45, 7) is 0.473. The molecule has 0 radical (unpaired) electrons. The summed E-state index contributed by atoms with van der Waals surface area (Å²) in [6, 6.07) is -0.243. The van der Waals surface area contributed by atoms with Crippen molar-refractivity contribution >= 4 is 63.6 Å². The minimum Gasteiger partial charge on any atom is -0.459 e. The van der Waals surface area contributed by atoms with Gasteiger partial charge in [0, 0.05) is 30.8 Å². The molecule has 13 nitrogen and oxygen atoms in total. The third kappa shape index (κ3) is 4.97. The van der Waals surface area contributed by atoms with Gasteiger partial charge in [0.2, 0.25) is 23.7 Å². The largest absolute Gasteiger partial charge is 0.459 e. The van der Waals surface area contributed by atoms with Crippen LogP contribution in [0.2, 0.25) is 0 Å². The van der Waals surface area contributed by atoms with Gasteiger partial charge in [-0.25, -0.2) is 9.97 Å². The van der Waals surface area contributed by atoms with Crippen molar-refractivity contribution in [1.29, 1.82) is 0 Å². The average Bonchev–Trinajstić information content (AvgIpc) is 3.53. The highest BCUT2D eigenvalue weighted by atomic mass is 32.2. The molecule has 1 aromatic rings. The van der Waals surface area contributed by atoms with E-state index >= 15 is 0 Å². The Morgan fingerprint density at radius 1 is 0.974 bits per heavy atom. The Labute approximate surface area is 232 Å². The monoisotopic (exact) mass is 574 g/mol. The van der Waals surface area contributed by atoms with Crippen LogP contribution in [0.5, 0.6) is 0 Å². The van der Waals surface area contributed by atoms with Crippen molar-refractivity contribution < 1.29 is 33.5 Å². The normalized spacial score (nSPS) is 26.5. The number of fused-ring (bicyclic) bond motifs is 4. The number of nitrogens with zero attached hydrogens (tertiary/aromatic N) is 6. The van der Waals surface area contributed by atoms with E-state index in [-0.39, 0.29) is 59.6 Å². The predicted molar refractivity (Wildman–Crippen MR) is 139 cm³/mol. The highest BCUT2D eigenvalue weighted by molar-refractivity contribution is 8.15. The highest BCUT2D eigenvalue weighted by Gasteiger charge is 2.45. The molecule has 0 N–H and O–H groups in total. The Kier molecular flexibility index (Phi) is 6.95. The van der Waals surface area contributed by atoms with Crippen molar-refractivity contribution in [2.75, 3.05) is 42.6 Å². The molecule has 15 heteroatoms. The highest BCUT2D eigenvalue weighted by Crippen LogP contribution is 2.43. The Hall–Kier alpha value is -3.20. The van der Waals surface area contributed by atoms with Crippen LogP contribution in [0.25, 0.3) is 0 Å². The van der Waals surface area contributed by atoms with Crippen molar-refractivity contribution in [2.45, 2.75) is 50.3 Å². The Balaban J connectivity index is 1.10. The van der Waals surface area contributed by atoms with Gasteiger partial charge in [-0.1, -0.05) is 23.5 Å². The van der Waals surface area contributed by atoms with Crippen LogP contribution >= 0.6 is 23.5 Å². The number of anilines is 1. The maximum Gasteiger partial charge on any atom is 0.326 e. The van der Waals surface area contributed by atoms with Gasteiger partial charge in [-0.15, -0.1) is 0 Å². The number of ether oxygens (including phenoxy) is 1. The molecule has 0 saturated carbocycles. The molecule has 2 bridgehead atoms. The molecule has 3 atom stereocenters. The van der Waals surface area contributed by atoms with E-state index in [0.29, 0.717) is 31.9 Å². The minimum absolute atomic E-state index is 0.0452. The molecule has 4 fully saturated rings. The lowest BCUT2D eigenvalue weighted by Crippen LogP contribution is -2.48. The lowest BCUT2D eigenvalue weighted by atomic mass is 9.99. The van der Waals surface area contributed by atoms with Gasteiger partial charge in [0.15, 0.2) is 0 Å². The van der Waals surface area contributed by atoms with Gasteiger partial charge in [0.05, 0.1) is 29.8 Å². The third-order valence-corrected chi connectivity index (χ3v) is 9.40. The second kappa shape index (κ2) is 10.4. The number of hydrogen-bond donors (Lipinski definition) is 0. The first kappa shape index (κ1) is 26.0. The van der Waals surface area contributed by atoms with Gasteiger partial charge in [-0.3, -0.25) is 38.6 Å². The first-order chi connectivity index (χ1) is 18.8. The standard InChI is InChI=1S/C24H26N6O7S2/c31-18(9-28-19(32)11-38-23(28)35)30-13-3-4-17(30)15-7-25-22(26-16(15)6-13)27-5-1-2-14(8-27)37-21(34)10-29-20(33)12-39-24(29)36/h7,13-14,17H,1-6,8-12H2/t13-,14-,17-/m1/s1. The maximum atomic E-state index is 13.1. The fourth-order valence-electron chi connectivity index (χ4n) is 5.85. The second-order valence-electron chi connectivity index (χ2n) is 10.1. The lowest BCUT2D eigenvalue weighted by Gasteiger charge is -2.37. The number of rotatable bonds is 6. The van der Waals surface area contributed by atoms with E-state index in [1.54, 1.807) is 11.1 Å². The van der Waals surface area contributed by atoms with Crippen LogP contribution in [0.1, 0.15) is 43.0 Å². The lowest BCUT2D eigenvalue weighted by molar-refractivity contribution is -0.152. The van der Waals surface area contributed by atoms with Gasteiger partial charge in [-0.05, 0) is 25.7 Å². The van der Waals surface area contributed by atoms with Crippen LogP contribution < -0.4 is 4.90 Å². The smallest absolute Gasteiger partial charge is 0.326 e. The molecule has 1 aromatic heterocycles. The number of piperidine rings is 1. The van der Waals surface area contributed by atoms with E-state index in [2.05, 4.69) is 4.98 Å². The minimum atomic E-state index is -0.616. The van der Waals surface area contributed by atoms with Crippen molar-refractivity contribution in [3.63, 3.8) is 0 Å². The number of imide groups is 2. The van der Waals surface area contributed by atoms with E-state index in [1.165, 1.54) is 0 Å². The molecule has 5 aliphatic rings. The van der Waals surface area contributed by atoms with E-state index in [9.17, 15) is 28.8 Å². The summed E-state index contributed by atoms with van der Waals surface area (Å²) >= 11 is 1.79. The number of carbonyl (C=O) groups excluding carboxylic acids is 6. The summed E-state index contributed by atoms with van der Waals surface area (Å²) in [5.41, 5.74) is 1.76. The molecule has 0 unspecified atom stereocenters. The molecule has 4 saturated heterocycles. The van der Waals surface area contributed by atoms with Gasteiger partial charge in [0.25, 0.3) is 10.5 Å². The van der Waals surface area contributed by atoms with Crippen molar-refractivity contribution in [2.24, 2.45) is 0 Å². The summed E-state index contributed by atoms with van der Waals surface area (Å²) in [5.74, 6) is -0.928. The Morgan fingerprint density at radius 3 is 2.38 bits per heavy atom. The molecule has 5 amide bonds. The van der Waals surface area contributed by atoms with Crippen molar-refractivity contribution in [3.8, 4) is 0 Å². The molecule has 6 heterocycles. The summed E-state index contributed by atoms with van der Waals surface area (Å²) in [4.78, 5) is 88.2. The summed E-state index contributed by atoms with van der Waals surface area (Å²) < 4.78 is 5.58. The number of thioether (sulfide) groups is 2. The maximum absolute atomic E-state index is 13.1. The van der Waals surface area contributed by atoms with Crippen molar-refractivity contribution in [3.05, 3.63) is 17.5 Å². The number of aromatic nitrogens is 2. The molecular weight excluding hydrogens is 548 g/mol. The Morgan fingerprint density at radius 2 is 1.69 bits per heavy atom. The molecule has 206 valence electrons. The molecule has 6 rings (SSSR count). The van der Waals surface area contributed by atoms with Gasteiger partial charge in [-0.2, -0.15) is 0 Å². The Bertz CT molecular complexity index is 1250. The molecule has 39 heavy (non-hydrogen) atoms. The van der Waals surface area contributed by atoms with Gasteiger partial charge in [0.1, 0.15) is 19.2 Å². The van der Waals surface area contributed by atoms with Crippen LogP contribution in [-0.2, 0) is 30.3 Å². The van der Waals surface area contributed by atoms with Crippen LogP contribution in [-0.4, -0.2) is 109 Å². The molecule has 0 aliphatic carbocycles. The fourth-order valence-corrected chi connectivity index (χ4v) is 7.30. The zero-order valence-electron chi connectivity index (χ0n) is 20.9. The number of esters is 1. The first-order valence-corrected chi connectivity index (χ1v) is 14.8.